The molecule has 0 aliphatic heterocycles. The van der Waals surface area contributed by atoms with Gasteiger partial charge >= 0.3 is 19.8 Å². The second kappa shape index (κ2) is 33.0. The monoisotopic (exact) mass is 662 g/mol. The van der Waals surface area contributed by atoms with Crippen molar-refractivity contribution in [3.63, 3.8) is 0 Å². The summed E-state index contributed by atoms with van der Waals surface area (Å²) in [4.78, 5) is 42.6. The average Bonchev–Trinajstić information content (AvgIpc) is 3.00. The fourth-order valence-electron chi connectivity index (χ4n) is 5.55. The van der Waals surface area contributed by atoms with E-state index in [1.807, 2.05) is 0 Å². The first kappa shape index (κ1) is 44.0. The molecule has 45 heavy (non-hydrogen) atoms. The van der Waals surface area contributed by atoms with E-state index in [1.54, 1.807) is 0 Å². The van der Waals surface area contributed by atoms with Crippen LogP contribution < -0.4 is 0 Å². The maximum absolute atomic E-state index is 12.3. The Kier molecular flexibility index (Phi) is 32.3. The van der Waals surface area contributed by atoms with Gasteiger partial charge in [0.25, 0.3) is 0 Å². The Morgan fingerprint density at radius 2 is 0.800 bits per heavy atom. The molecule has 0 aliphatic rings. The highest BCUT2D eigenvalue weighted by Gasteiger charge is 2.22. The Balaban J connectivity index is 3.89. The van der Waals surface area contributed by atoms with E-state index in [4.69, 9.17) is 19.3 Å². The van der Waals surface area contributed by atoms with Crippen LogP contribution in [0.2, 0.25) is 0 Å². The predicted octanol–water partition coefficient (Wildman–Crippen LogP) is 10.9. The summed E-state index contributed by atoms with van der Waals surface area (Å²) in [5.41, 5.74) is 0. The van der Waals surface area contributed by atoms with E-state index in [0.29, 0.717) is 6.42 Å². The van der Waals surface area contributed by atoms with E-state index in [0.717, 1.165) is 38.5 Å². The van der Waals surface area contributed by atoms with Crippen LogP contribution in [-0.2, 0) is 28.2 Å². The summed E-state index contributed by atoms with van der Waals surface area (Å²) in [7, 11) is -4.74. The van der Waals surface area contributed by atoms with Gasteiger partial charge in [0.1, 0.15) is 6.61 Å². The lowest BCUT2D eigenvalue weighted by Gasteiger charge is -2.18. The Labute approximate surface area is 276 Å². The number of ether oxygens (including phenoxy) is 2. The van der Waals surface area contributed by atoms with Crippen LogP contribution in [0.15, 0.2) is 0 Å². The highest BCUT2D eigenvalue weighted by molar-refractivity contribution is 7.46. The number of hydrogen-bond acceptors (Lipinski definition) is 6. The van der Waals surface area contributed by atoms with Crippen LogP contribution in [-0.4, -0.2) is 41.0 Å². The summed E-state index contributed by atoms with van der Waals surface area (Å²) in [6.07, 6.45) is 32.5. The fourth-order valence-corrected chi connectivity index (χ4v) is 5.91. The maximum Gasteiger partial charge on any atom is 0.469 e. The zero-order chi connectivity index (χ0) is 33.3. The molecule has 0 unspecified atom stereocenters. The lowest BCUT2D eigenvalue weighted by atomic mass is 10.0. The first-order chi connectivity index (χ1) is 21.8. The van der Waals surface area contributed by atoms with Gasteiger partial charge in [0.15, 0.2) is 6.10 Å². The number of carbonyl (C=O) groups excluding carboxylic acids is 2. The molecule has 8 nitrogen and oxygen atoms in total. The third-order valence-electron chi connectivity index (χ3n) is 8.38. The molecule has 0 spiro atoms. The molecule has 0 rings (SSSR count). The van der Waals surface area contributed by atoms with Crippen LogP contribution in [0.25, 0.3) is 0 Å². The highest BCUT2D eigenvalue weighted by atomic mass is 31.2. The zero-order valence-corrected chi connectivity index (χ0v) is 30.2. The van der Waals surface area contributed by atoms with Crippen molar-refractivity contribution in [2.45, 2.75) is 206 Å². The van der Waals surface area contributed by atoms with E-state index in [1.165, 1.54) is 128 Å². The van der Waals surface area contributed by atoms with Gasteiger partial charge < -0.3 is 19.3 Å². The molecule has 0 aromatic carbocycles. The number of phosphoric acid groups is 1. The minimum atomic E-state index is -4.74. The molecule has 0 amide bonds. The molecular formula is C36H71O8P. The standard InChI is InChI=1S/C36H71O8P/c1-3-5-7-9-11-13-15-16-17-18-19-21-22-24-26-28-30-35(37)42-32-34(33-43-45(39,40)41)44-36(38)31-29-27-25-23-20-14-12-10-8-6-4-2/h34H,3-33H2,1-2H3,(H2,39,40,41)/t34-/m1/s1. The van der Waals surface area contributed by atoms with Crippen molar-refractivity contribution in [1.29, 1.82) is 0 Å². The quantitative estimate of drug-likeness (QED) is 0.0391. The van der Waals surface area contributed by atoms with E-state index in [2.05, 4.69) is 18.4 Å². The number of carbonyl (C=O) groups is 2. The number of unbranched alkanes of at least 4 members (excludes halogenated alkanes) is 25. The molecule has 1 atom stereocenters. The van der Waals surface area contributed by atoms with E-state index >= 15 is 0 Å². The Bertz CT molecular complexity index is 711. The third-order valence-corrected chi connectivity index (χ3v) is 8.86. The van der Waals surface area contributed by atoms with Crippen LogP contribution in [0, 0.1) is 0 Å². The molecule has 0 saturated heterocycles. The van der Waals surface area contributed by atoms with Crippen LogP contribution in [0.5, 0.6) is 0 Å². The first-order valence-electron chi connectivity index (χ1n) is 18.8. The van der Waals surface area contributed by atoms with E-state index < -0.39 is 32.5 Å². The van der Waals surface area contributed by atoms with Gasteiger partial charge in [0.2, 0.25) is 0 Å². The van der Waals surface area contributed by atoms with Crippen molar-refractivity contribution in [3.05, 3.63) is 0 Å². The van der Waals surface area contributed by atoms with Gasteiger partial charge in [-0.2, -0.15) is 0 Å². The van der Waals surface area contributed by atoms with Crippen LogP contribution in [0.1, 0.15) is 200 Å². The normalized spacial score (nSPS) is 12.4. The van der Waals surface area contributed by atoms with Gasteiger partial charge in [-0.15, -0.1) is 0 Å². The molecule has 0 aromatic heterocycles. The molecule has 0 radical (unpaired) electrons. The molecule has 9 heteroatoms. The lowest BCUT2D eigenvalue weighted by molar-refractivity contribution is -0.161. The summed E-state index contributed by atoms with van der Waals surface area (Å²) in [6, 6.07) is 0. The third kappa shape index (κ3) is 35.7. The summed E-state index contributed by atoms with van der Waals surface area (Å²) >= 11 is 0. The fraction of sp³-hybridized carbons (Fsp3) is 0.944. The van der Waals surface area contributed by atoms with Crippen molar-refractivity contribution < 1.29 is 37.9 Å². The first-order valence-corrected chi connectivity index (χ1v) is 20.4. The Morgan fingerprint density at radius 3 is 1.13 bits per heavy atom. The van der Waals surface area contributed by atoms with Gasteiger partial charge in [-0.3, -0.25) is 14.1 Å². The lowest BCUT2D eigenvalue weighted by Crippen LogP contribution is -2.29. The van der Waals surface area contributed by atoms with Crippen molar-refractivity contribution in [2.75, 3.05) is 13.2 Å². The topological polar surface area (TPSA) is 119 Å². The Hall–Kier alpha value is -0.950. The van der Waals surface area contributed by atoms with Crippen LogP contribution in [0.4, 0.5) is 0 Å². The zero-order valence-electron chi connectivity index (χ0n) is 29.3. The molecular weight excluding hydrogens is 591 g/mol. The molecule has 2 N–H and O–H groups in total. The maximum atomic E-state index is 12.3. The van der Waals surface area contributed by atoms with Gasteiger partial charge in [-0.25, -0.2) is 4.57 Å². The molecule has 0 fully saturated rings. The molecule has 268 valence electrons. The highest BCUT2D eigenvalue weighted by Crippen LogP contribution is 2.36. The van der Waals surface area contributed by atoms with Crippen LogP contribution >= 0.6 is 7.82 Å². The molecule has 0 aromatic rings. The number of hydrogen-bond donors (Lipinski definition) is 2. The second-order valence-corrected chi connectivity index (χ2v) is 14.2. The molecule has 0 bridgehead atoms. The minimum Gasteiger partial charge on any atom is -0.462 e. The van der Waals surface area contributed by atoms with E-state index in [9.17, 15) is 14.2 Å². The summed E-state index contributed by atoms with van der Waals surface area (Å²) < 4.78 is 26.3. The SMILES string of the molecule is CCCCCCCCCCCCCCCCCCC(=O)OC[C@H](COP(=O)(O)O)OC(=O)CCCCCCCCCCCCC. The van der Waals surface area contributed by atoms with Crippen molar-refractivity contribution in [1.82, 2.24) is 0 Å². The molecule has 0 saturated carbocycles. The number of rotatable bonds is 35. The molecule has 0 heterocycles. The molecule has 0 aliphatic carbocycles. The van der Waals surface area contributed by atoms with Gasteiger partial charge in [-0.05, 0) is 12.8 Å². The van der Waals surface area contributed by atoms with Crippen molar-refractivity contribution in [3.8, 4) is 0 Å². The summed E-state index contributed by atoms with van der Waals surface area (Å²) in [6.45, 7) is 3.68. The minimum absolute atomic E-state index is 0.219. The smallest absolute Gasteiger partial charge is 0.462 e. The predicted molar refractivity (Wildman–Crippen MR) is 184 cm³/mol. The van der Waals surface area contributed by atoms with Gasteiger partial charge in [-0.1, -0.05) is 174 Å². The summed E-state index contributed by atoms with van der Waals surface area (Å²) in [5, 5.41) is 0. The number of esters is 2. The van der Waals surface area contributed by atoms with E-state index in [-0.39, 0.29) is 19.4 Å². The summed E-state index contributed by atoms with van der Waals surface area (Å²) in [5.74, 6) is -0.873. The number of phosphoric ester groups is 1. The van der Waals surface area contributed by atoms with Gasteiger partial charge in [0, 0.05) is 12.8 Å². The van der Waals surface area contributed by atoms with Crippen molar-refractivity contribution >= 4 is 19.8 Å². The van der Waals surface area contributed by atoms with Crippen molar-refractivity contribution in [2.24, 2.45) is 0 Å². The second-order valence-electron chi connectivity index (χ2n) is 12.9. The van der Waals surface area contributed by atoms with Gasteiger partial charge in [0.05, 0.1) is 6.61 Å². The average molecular weight is 663 g/mol. The largest absolute Gasteiger partial charge is 0.469 e. The Morgan fingerprint density at radius 1 is 0.489 bits per heavy atom. The van der Waals surface area contributed by atoms with Crippen LogP contribution in [0.3, 0.4) is 0 Å².